The molecular formula is C16H18BrN3O. The van der Waals surface area contributed by atoms with Crippen molar-refractivity contribution in [2.24, 2.45) is 0 Å². The van der Waals surface area contributed by atoms with Gasteiger partial charge in [0.25, 0.3) is 5.91 Å². The Morgan fingerprint density at radius 1 is 1.33 bits per heavy atom. The number of pyridine rings is 1. The number of nitrogens with one attached hydrogen (secondary N) is 2. The smallest absolute Gasteiger partial charge is 0.270 e. The van der Waals surface area contributed by atoms with Crippen molar-refractivity contribution < 1.29 is 4.79 Å². The Balaban J connectivity index is 2.14. The van der Waals surface area contributed by atoms with E-state index in [0.29, 0.717) is 5.69 Å². The summed E-state index contributed by atoms with van der Waals surface area (Å²) >= 11 is 3.49. The van der Waals surface area contributed by atoms with Gasteiger partial charge in [0, 0.05) is 22.4 Å². The molecule has 0 saturated carbocycles. The number of hydrogen-bond acceptors (Lipinski definition) is 3. The van der Waals surface area contributed by atoms with Crippen molar-refractivity contribution in [1.82, 2.24) is 10.3 Å². The highest BCUT2D eigenvalue weighted by molar-refractivity contribution is 9.10. The second-order valence-electron chi connectivity index (χ2n) is 4.82. The number of aromatic nitrogens is 1. The first-order chi connectivity index (χ1) is 10.1. The summed E-state index contributed by atoms with van der Waals surface area (Å²) < 4.78 is 0.965. The van der Waals surface area contributed by atoms with E-state index in [1.54, 1.807) is 12.3 Å². The van der Waals surface area contributed by atoms with Crippen molar-refractivity contribution in [2.75, 3.05) is 5.32 Å². The van der Waals surface area contributed by atoms with E-state index in [4.69, 9.17) is 0 Å². The van der Waals surface area contributed by atoms with Crippen LogP contribution in [-0.4, -0.2) is 16.9 Å². The van der Waals surface area contributed by atoms with Crippen LogP contribution >= 0.6 is 15.9 Å². The van der Waals surface area contributed by atoms with Gasteiger partial charge < -0.3 is 10.6 Å². The highest BCUT2D eigenvalue weighted by atomic mass is 79.9. The number of carbonyl (C=O) groups excluding carboxylic acids is 1. The standard InChI is InChI=1S/C16H18BrN3O/c1-3-11(2)19-16(21)15-10-12(8-9-18-15)20-14-7-5-4-6-13(14)17/h4-11H,3H2,1-2H3,(H,18,20)(H,19,21). The van der Waals surface area contributed by atoms with Crippen LogP contribution in [0.1, 0.15) is 30.8 Å². The molecule has 2 rings (SSSR count). The lowest BCUT2D eigenvalue weighted by Crippen LogP contribution is -2.32. The zero-order valence-electron chi connectivity index (χ0n) is 12.1. The van der Waals surface area contributed by atoms with Crippen LogP contribution in [0.25, 0.3) is 0 Å². The van der Waals surface area contributed by atoms with E-state index in [0.717, 1.165) is 22.3 Å². The third kappa shape index (κ3) is 4.29. The van der Waals surface area contributed by atoms with Crippen LogP contribution in [0.4, 0.5) is 11.4 Å². The topological polar surface area (TPSA) is 54.0 Å². The Kier molecular flexibility index (Phi) is 5.33. The summed E-state index contributed by atoms with van der Waals surface area (Å²) in [6.45, 7) is 4.00. The molecule has 0 radical (unpaired) electrons. The lowest BCUT2D eigenvalue weighted by molar-refractivity contribution is 0.0934. The number of amides is 1. The van der Waals surface area contributed by atoms with Crippen molar-refractivity contribution in [3.05, 3.63) is 52.8 Å². The number of anilines is 2. The Bertz CT molecular complexity index is 630. The molecule has 1 amide bonds. The van der Waals surface area contributed by atoms with Gasteiger partial charge in [-0.1, -0.05) is 19.1 Å². The number of hydrogen-bond donors (Lipinski definition) is 2. The molecule has 0 aliphatic rings. The molecule has 0 fully saturated rings. The number of benzene rings is 1. The fourth-order valence-corrected chi connectivity index (χ4v) is 2.13. The van der Waals surface area contributed by atoms with Crippen molar-refractivity contribution >= 4 is 33.2 Å². The summed E-state index contributed by atoms with van der Waals surface area (Å²) in [4.78, 5) is 16.2. The number of para-hydroxylation sites is 1. The summed E-state index contributed by atoms with van der Waals surface area (Å²) in [6.07, 6.45) is 2.52. The monoisotopic (exact) mass is 347 g/mol. The molecule has 21 heavy (non-hydrogen) atoms. The summed E-state index contributed by atoms with van der Waals surface area (Å²) in [7, 11) is 0. The lowest BCUT2D eigenvalue weighted by atomic mass is 10.2. The van der Waals surface area contributed by atoms with Gasteiger partial charge in [0.05, 0.1) is 5.69 Å². The van der Waals surface area contributed by atoms with Gasteiger partial charge in [-0.2, -0.15) is 0 Å². The molecule has 0 spiro atoms. The average Bonchev–Trinajstić information content (AvgIpc) is 2.49. The van der Waals surface area contributed by atoms with E-state index in [2.05, 4.69) is 31.5 Å². The molecule has 1 atom stereocenters. The number of rotatable bonds is 5. The summed E-state index contributed by atoms with van der Waals surface area (Å²) in [6, 6.07) is 11.5. The Labute approximate surface area is 133 Å². The largest absolute Gasteiger partial charge is 0.354 e. The minimum atomic E-state index is -0.153. The molecule has 1 aromatic heterocycles. The fourth-order valence-electron chi connectivity index (χ4n) is 1.75. The van der Waals surface area contributed by atoms with Crippen LogP contribution in [0.2, 0.25) is 0 Å². The van der Waals surface area contributed by atoms with Crippen molar-refractivity contribution in [3.8, 4) is 0 Å². The van der Waals surface area contributed by atoms with Crippen molar-refractivity contribution in [2.45, 2.75) is 26.3 Å². The normalized spacial score (nSPS) is 11.8. The molecule has 1 unspecified atom stereocenters. The first-order valence-electron chi connectivity index (χ1n) is 6.88. The van der Waals surface area contributed by atoms with Gasteiger partial charge in [-0.25, -0.2) is 0 Å². The highest BCUT2D eigenvalue weighted by Crippen LogP contribution is 2.25. The molecule has 1 aromatic carbocycles. The van der Waals surface area contributed by atoms with Crippen molar-refractivity contribution in [3.63, 3.8) is 0 Å². The maximum Gasteiger partial charge on any atom is 0.270 e. The second-order valence-corrected chi connectivity index (χ2v) is 5.67. The molecular weight excluding hydrogens is 330 g/mol. The molecule has 0 aliphatic carbocycles. The van der Waals surface area contributed by atoms with E-state index in [1.807, 2.05) is 44.2 Å². The third-order valence-electron chi connectivity index (χ3n) is 3.14. The highest BCUT2D eigenvalue weighted by Gasteiger charge is 2.10. The molecule has 4 nitrogen and oxygen atoms in total. The van der Waals surface area contributed by atoms with Gasteiger partial charge in [-0.15, -0.1) is 0 Å². The second kappa shape index (κ2) is 7.22. The van der Waals surface area contributed by atoms with Gasteiger partial charge in [-0.3, -0.25) is 9.78 Å². The van der Waals surface area contributed by atoms with Gasteiger partial charge in [0.1, 0.15) is 5.69 Å². The SMILES string of the molecule is CCC(C)NC(=O)c1cc(Nc2ccccc2Br)ccn1. The molecule has 0 bridgehead atoms. The van der Waals surface area contributed by atoms with Crippen LogP contribution in [-0.2, 0) is 0 Å². The van der Waals surface area contributed by atoms with E-state index >= 15 is 0 Å². The first kappa shape index (κ1) is 15.5. The van der Waals surface area contributed by atoms with Gasteiger partial charge in [0.2, 0.25) is 0 Å². The summed E-state index contributed by atoms with van der Waals surface area (Å²) in [5.74, 6) is -0.153. The average molecular weight is 348 g/mol. The van der Waals surface area contributed by atoms with Crippen LogP contribution < -0.4 is 10.6 Å². The zero-order chi connectivity index (χ0) is 15.2. The molecule has 5 heteroatoms. The minimum absolute atomic E-state index is 0.138. The lowest BCUT2D eigenvalue weighted by Gasteiger charge is -2.12. The third-order valence-corrected chi connectivity index (χ3v) is 3.83. The summed E-state index contributed by atoms with van der Waals surface area (Å²) in [5, 5.41) is 6.18. The number of nitrogens with zero attached hydrogens (tertiary/aromatic N) is 1. The predicted molar refractivity (Wildman–Crippen MR) is 88.9 cm³/mol. The maximum absolute atomic E-state index is 12.1. The zero-order valence-corrected chi connectivity index (χ0v) is 13.6. The summed E-state index contributed by atoms with van der Waals surface area (Å²) in [5.41, 5.74) is 2.18. The Morgan fingerprint density at radius 3 is 2.81 bits per heavy atom. The van der Waals surface area contributed by atoms with E-state index in [9.17, 15) is 4.79 Å². The number of halogens is 1. The Hall–Kier alpha value is -1.88. The predicted octanol–water partition coefficient (Wildman–Crippen LogP) is 4.12. The van der Waals surface area contributed by atoms with Crippen LogP contribution in [0.15, 0.2) is 47.1 Å². The van der Waals surface area contributed by atoms with E-state index in [-0.39, 0.29) is 11.9 Å². The molecule has 2 aromatic rings. The molecule has 1 heterocycles. The van der Waals surface area contributed by atoms with Crippen LogP contribution in [0, 0.1) is 0 Å². The minimum Gasteiger partial charge on any atom is -0.354 e. The van der Waals surface area contributed by atoms with E-state index in [1.165, 1.54) is 0 Å². The number of carbonyl (C=O) groups is 1. The van der Waals surface area contributed by atoms with Crippen LogP contribution in [0.5, 0.6) is 0 Å². The molecule has 110 valence electrons. The van der Waals surface area contributed by atoms with E-state index < -0.39 is 0 Å². The van der Waals surface area contributed by atoms with Crippen LogP contribution in [0.3, 0.4) is 0 Å². The Morgan fingerprint density at radius 2 is 2.10 bits per heavy atom. The molecule has 0 saturated heterocycles. The van der Waals surface area contributed by atoms with Crippen molar-refractivity contribution in [1.29, 1.82) is 0 Å². The molecule has 2 N–H and O–H groups in total. The fraction of sp³-hybridized carbons (Fsp3) is 0.250. The first-order valence-corrected chi connectivity index (χ1v) is 7.68. The van der Waals surface area contributed by atoms with Gasteiger partial charge in [0.15, 0.2) is 0 Å². The van der Waals surface area contributed by atoms with Gasteiger partial charge in [-0.05, 0) is 53.5 Å². The van der Waals surface area contributed by atoms with Gasteiger partial charge >= 0.3 is 0 Å². The molecule has 0 aliphatic heterocycles. The maximum atomic E-state index is 12.1. The quantitative estimate of drug-likeness (QED) is 0.855.